The largest absolute Gasteiger partial charge is 0.491 e. The number of ether oxygens (including phenoxy) is 3. The van der Waals surface area contributed by atoms with E-state index in [2.05, 4.69) is 0 Å². The third kappa shape index (κ3) is 9.87. The molecule has 0 aliphatic carbocycles. The maximum atomic E-state index is 11.5. The third-order valence-electron chi connectivity index (χ3n) is 4.83. The Balaban J connectivity index is 1.71. The van der Waals surface area contributed by atoms with Crippen LogP contribution in [0.3, 0.4) is 0 Å². The molecular weight excluding hydrogens is 420 g/mol. The number of hydrogen-bond acceptors (Lipinski definition) is 6. The number of carbonyl (C=O) groups excluding carboxylic acids is 1. The van der Waals surface area contributed by atoms with Crippen LogP contribution in [0.2, 0.25) is 5.02 Å². The van der Waals surface area contributed by atoms with E-state index in [-0.39, 0.29) is 37.3 Å². The van der Waals surface area contributed by atoms with Gasteiger partial charge in [-0.05, 0) is 51.3 Å². The lowest BCUT2D eigenvalue weighted by molar-refractivity contribution is -0.147. The molecule has 0 amide bonds. The lowest BCUT2D eigenvalue weighted by Crippen LogP contribution is -2.23. The second kappa shape index (κ2) is 13.5. The highest BCUT2D eigenvalue weighted by Crippen LogP contribution is 2.27. The predicted molar refractivity (Wildman–Crippen MR) is 120 cm³/mol. The topological polar surface area (TPSA) is 85.2 Å². The van der Waals surface area contributed by atoms with Gasteiger partial charge in [0.2, 0.25) is 0 Å². The zero-order valence-electron chi connectivity index (χ0n) is 18.2. The summed E-state index contributed by atoms with van der Waals surface area (Å²) in [6, 6.07) is 6.99. The Hall–Kier alpha value is -1.86. The Morgan fingerprint density at radius 1 is 1.32 bits per heavy atom. The molecule has 1 saturated heterocycles. The molecule has 6 nitrogen and oxygen atoms in total. The number of aliphatic hydroxyl groups excluding tert-OH is 2. The quantitative estimate of drug-likeness (QED) is 0.367. The van der Waals surface area contributed by atoms with Crippen LogP contribution in [0, 0.1) is 5.92 Å². The summed E-state index contributed by atoms with van der Waals surface area (Å²) in [4.78, 5) is 11.5. The van der Waals surface area contributed by atoms with E-state index in [4.69, 9.17) is 25.8 Å². The van der Waals surface area contributed by atoms with E-state index >= 15 is 0 Å². The van der Waals surface area contributed by atoms with Crippen LogP contribution < -0.4 is 4.74 Å². The molecule has 2 rings (SSSR count). The van der Waals surface area contributed by atoms with Crippen LogP contribution >= 0.6 is 11.6 Å². The number of hydrogen-bond donors (Lipinski definition) is 2. The molecule has 172 valence electrons. The van der Waals surface area contributed by atoms with E-state index < -0.39 is 12.2 Å². The first kappa shape index (κ1) is 25.4. The van der Waals surface area contributed by atoms with Gasteiger partial charge >= 0.3 is 5.97 Å². The molecule has 0 radical (unpaired) electrons. The van der Waals surface area contributed by atoms with Crippen LogP contribution in [0.5, 0.6) is 5.75 Å². The minimum absolute atomic E-state index is 0.0483. The molecule has 1 heterocycles. The van der Waals surface area contributed by atoms with Crippen LogP contribution in [0.4, 0.5) is 0 Å². The Morgan fingerprint density at radius 3 is 2.84 bits per heavy atom. The normalized spacial score (nSPS) is 22.5. The summed E-state index contributed by atoms with van der Waals surface area (Å²) in [5, 5.41) is 20.9. The van der Waals surface area contributed by atoms with Gasteiger partial charge in [0.05, 0.1) is 24.9 Å². The molecule has 4 atom stereocenters. The summed E-state index contributed by atoms with van der Waals surface area (Å²) in [7, 11) is 0. The smallest absolute Gasteiger partial charge is 0.306 e. The fourth-order valence-electron chi connectivity index (χ4n) is 3.31. The molecule has 2 N–H and O–H groups in total. The molecule has 0 aromatic heterocycles. The fourth-order valence-corrected chi connectivity index (χ4v) is 3.49. The minimum atomic E-state index is -0.800. The Bertz CT molecular complexity index is 733. The van der Waals surface area contributed by atoms with Gasteiger partial charge in [-0.25, -0.2) is 0 Å². The first-order valence-electron chi connectivity index (χ1n) is 10.7. The molecule has 1 unspecified atom stereocenters. The van der Waals surface area contributed by atoms with Crippen molar-refractivity contribution in [2.45, 2.75) is 63.9 Å². The lowest BCUT2D eigenvalue weighted by Gasteiger charge is -2.17. The lowest BCUT2D eigenvalue weighted by atomic mass is 9.93. The van der Waals surface area contributed by atoms with E-state index in [0.717, 1.165) is 12.8 Å². The van der Waals surface area contributed by atoms with Gasteiger partial charge in [0.25, 0.3) is 0 Å². The predicted octanol–water partition coefficient (Wildman–Crippen LogP) is 4.08. The van der Waals surface area contributed by atoms with E-state index in [1.807, 2.05) is 26.0 Å². The molecule has 0 bridgehead atoms. The van der Waals surface area contributed by atoms with Gasteiger partial charge in [-0.3, -0.25) is 4.79 Å². The van der Waals surface area contributed by atoms with Gasteiger partial charge in [0, 0.05) is 17.4 Å². The van der Waals surface area contributed by atoms with Gasteiger partial charge in [-0.1, -0.05) is 42.0 Å². The molecule has 1 aromatic rings. The average molecular weight is 453 g/mol. The number of allylic oxidation sites excluding steroid dienone is 2. The molecule has 1 aliphatic heterocycles. The van der Waals surface area contributed by atoms with Crippen molar-refractivity contribution in [3.8, 4) is 5.75 Å². The highest BCUT2D eigenvalue weighted by atomic mass is 35.5. The van der Waals surface area contributed by atoms with Crippen molar-refractivity contribution in [1.82, 2.24) is 0 Å². The second-order valence-electron chi connectivity index (χ2n) is 7.88. The maximum Gasteiger partial charge on any atom is 0.306 e. The summed E-state index contributed by atoms with van der Waals surface area (Å²) in [5.41, 5.74) is 0. The highest BCUT2D eigenvalue weighted by Gasteiger charge is 2.33. The molecule has 0 saturated carbocycles. The highest BCUT2D eigenvalue weighted by molar-refractivity contribution is 6.30. The van der Waals surface area contributed by atoms with Crippen LogP contribution in [0.15, 0.2) is 48.6 Å². The van der Waals surface area contributed by atoms with Gasteiger partial charge in [-0.15, -0.1) is 0 Å². The van der Waals surface area contributed by atoms with E-state index in [0.29, 0.717) is 23.6 Å². The first-order valence-corrected chi connectivity index (χ1v) is 11.1. The Morgan fingerprint density at radius 2 is 2.10 bits per heavy atom. The number of carbonyl (C=O) groups is 1. The van der Waals surface area contributed by atoms with E-state index in [1.165, 1.54) is 0 Å². The monoisotopic (exact) mass is 452 g/mol. The summed E-state index contributed by atoms with van der Waals surface area (Å²) in [6.07, 6.45) is 8.24. The van der Waals surface area contributed by atoms with Crippen molar-refractivity contribution < 1.29 is 29.2 Å². The van der Waals surface area contributed by atoms with Gasteiger partial charge in [0.1, 0.15) is 18.5 Å². The molecule has 1 fully saturated rings. The zero-order valence-corrected chi connectivity index (χ0v) is 18.9. The first-order chi connectivity index (χ1) is 14.8. The molecular formula is C24H33ClO6. The van der Waals surface area contributed by atoms with Crippen LogP contribution in [0.25, 0.3) is 0 Å². The zero-order chi connectivity index (χ0) is 22.6. The minimum Gasteiger partial charge on any atom is -0.491 e. The third-order valence-corrected chi connectivity index (χ3v) is 5.07. The van der Waals surface area contributed by atoms with Gasteiger partial charge in [-0.2, -0.15) is 0 Å². The van der Waals surface area contributed by atoms with Crippen molar-refractivity contribution in [2.75, 3.05) is 13.2 Å². The number of halogens is 1. The molecule has 1 aliphatic rings. The van der Waals surface area contributed by atoms with Crippen molar-refractivity contribution in [3.63, 3.8) is 0 Å². The fraction of sp³-hybridized carbons (Fsp3) is 0.542. The molecule has 1 aromatic carbocycles. The number of aliphatic hydroxyl groups is 2. The summed E-state index contributed by atoms with van der Waals surface area (Å²) in [5.74, 6) is 0.352. The molecule has 0 spiro atoms. The van der Waals surface area contributed by atoms with Crippen LogP contribution in [-0.2, 0) is 14.3 Å². The maximum absolute atomic E-state index is 11.5. The summed E-state index contributed by atoms with van der Waals surface area (Å²) in [6.45, 7) is 4.04. The van der Waals surface area contributed by atoms with Crippen molar-refractivity contribution in [2.24, 2.45) is 5.92 Å². The molecule has 7 heteroatoms. The number of rotatable bonds is 12. The van der Waals surface area contributed by atoms with E-state index in [1.54, 1.807) is 36.4 Å². The van der Waals surface area contributed by atoms with Crippen molar-refractivity contribution in [3.05, 3.63) is 53.6 Å². The van der Waals surface area contributed by atoms with Crippen molar-refractivity contribution in [1.29, 1.82) is 0 Å². The number of esters is 1. The van der Waals surface area contributed by atoms with Gasteiger partial charge in [0.15, 0.2) is 0 Å². The average Bonchev–Trinajstić information content (AvgIpc) is 3.06. The second-order valence-corrected chi connectivity index (χ2v) is 8.31. The van der Waals surface area contributed by atoms with Crippen molar-refractivity contribution >= 4 is 17.6 Å². The van der Waals surface area contributed by atoms with E-state index in [9.17, 15) is 15.0 Å². The van der Waals surface area contributed by atoms with Gasteiger partial charge < -0.3 is 24.4 Å². The Kier molecular flexibility index (Phi) is 11.1. The standard InChI is InChI=1S/C24H33ClO6/c1-17(2)31-24(28)11-6-4-3-5-10-21-22(27)16-30-23(21)13-12-19(26)15-29-20-9-7-8-18(25)14-20/h3-4,7-9,12-14,17,19,21-23,26-27H,5-6,10-11,15-16H2,1-2H3/b4-3-,13-12+/t19?,21-,22-,23+/m0/s1. The molecule has 31 heavy (non-hydrogen) atoms. The SMILES string of the molecule is CC(C)OC(=O)CC/C=C\CC[C@H]1[C@@H](O)CO[C@@H]1/C=C/C(O)COc1cccc(Cl)c1. The van der Waals surface area contributed by atoms with Crippen LogP contribution in [-0.4, -0.2) is 53.8 Å². The summed E-state index contributed by atoms with van der Waals surface area (Å²) < 4.78 is 16.3. The summed E-state index contributed by atoms with van der Waals surface area (Å²) >= 11 is 5.92. The van der Waals surface area contributed by atoms with Crippen LogP contribution in [0.1, 0.15) is 39.5 Å². The Labute approximate surface area is 189 Å². The number of benzene rings is 1.